The molecular weight excluding hydrogens is 314 g/mol. The predicted molar refractivity (Wildman–Crippen MR) is 27.5 cm³/mol. The van der Waals surface area contributed by atoms with E-state index in [-0.39, 0.29) is 19.5 Å². The van der Waals surface area contributed by atoms with E-state index in [2.05, 4.69) is 0 Å². The molecule has 3 nitrogen and oxygen atoms in total. The summed E-state index contributed by atoms with van der Waals surface area (Å²) < 4.78 is 108. The summed E-state index contributed by atoms with van der Waals surface area (Å²) in [5, 5.41) is -6.61. The number of halogens is 7. The van der Waals surface area contributed by atoms with Crippen molar-refractivity contribution in [3.63, 3.8) is 0 Å². The molecule has 0 saturated heterocycles. The molecule has 0 aliphatic heterocycles. The van der Waals surface area contributed by atoms with Gasteiger partial charge in [-0.3, -0.25) is 4.55 Å². The van der Waals surface area contributed by atoms with Crippen LogP contribution in [0.1, 0.15) is 0 Å². The Morgan fingerprint density at radius 1 is 0.867 bits per heavy atom. The minimum absolute atomic E-state index is 0. The molecule has 0 spiro atoms. The van der Waals surface area contributed by atoms with Crippen LogP contribution in [0.2, 0.25) is 0 Å². The normalized spacial score (nSPS) is 14.7. The van der Waals surface area contributed by atoms with Crippen molar-refractivity contribution in [2.45, 2.75) is 17.4 Å². The van der Waals surface area contributed by atoms with E-state index in [4.69, 9.17) is 4.55 Å². The molecule has 0 unspecified atom stereocenters. The minimum atomic E-state index is -6.85. The smallest absolute Gasteiger partial charge is 0.281 e. The first-order valence-corrected chi connectivity index (χ1v) is 3.98. The zero-order valence-corrected chi connectivity index (χ0v) is 10.3. The van der Waals surface area contributed by atoms with Crippen LogP contribution in [-0.2, 0) is 29.6 Å². The summed E-state index contributed by atoms with van der Waals surface area (Å²) in [7, 11) is -6.85. The standard InChI is InChI=1S/C3HF7O3S.Zn/c4-1(5,2(6,7)8)3(9,10)14(11,12)13;/h(H,11,12,13);. The van der Waals surface area contributed by atoms with Crippen LogP contribution >= 0.6 is 0 Å². The molecule has 15 heavy (non-hydrogen) atoms. The van der Waals surface area contributed by atoms with E-state index in [1.807, 2.05) is 0 Å². The Labute approximate surface area is 91.1 Å². The van der Waals surface area contributed by atoms with Gasteiger partial charge in [-0.25, -0.2) is 0 Å². The van der Waals surface area contributed by atoms with Gasteiger partial charge in [0.1, 0.15) is 0 Å². The number of hydrogen-bond acceptors (Lipinski definition) is 2. The molecule has 0 rings (SSSR count). The minimum Gasteiger partial charge on any atom is -0.281 e. The SMILES string of the molecule is O=S(=O)(O)C(F)(F)C(F)(F)C(F)(F)F.[Zn]. The fourth-order valence-electron chi connectivity index (χ4n) is 0.327. The predicted octanol–water partition coefficient (Wildman–Crippen LogP) is 1.66. The Morgan fingerprint density at radius 2 is 1.13 bits per heavy atom. The molecular formula is C3HF7O3SZn. The molecule has 0 bridgehead atoms. The van der Waals surface area contributed by atoms with Crippen LogP contribution < -0.4 is 0 Å². The molecule has 0 aliphatic rings. The summed E-state index contributed by atoms with van der Waals surface area (Å²) >= 11 is 0. The summed E-state index contributed by atoms with van der Waals surface area (Å²) in [6.07, 6.45) is -6.79. The van der Waals surface area contributed by atoms with Crippen LogP contribution in [0.25, 0.3) is 0 Å². The van der Waals surface area contributed by atoms with Crippen LogP contribution in [-0.4, -0.2) is 30.3 Å². The van der Waals surface area contributed by atoms with E-state index in [1.54, 1.807) is 0 Å². The Morgan fingerprint density at radius 3 is 1.20 bits per heavy atom. The third-order valence-corrected chi connectivity index (χ3v) is 1.95. The zero-order valence-electron chi connectivity index (χ0n) is 6.52. The molecule has 0 heterocycles. The molecule has 0 aromatic heterocycles. The van der Waals surface area contributed by atoms with Crippen molar-refractivity contribution in [1.82, 2.24) is 0 Å². The topological polar surface area (TPSA) is 54.4 Å². The van der Waals surface area contributed by atoms with Gasteiger partial charge in [0.05, 0.1) is 0 Å². The molecule has 0 radical (unpaired) electrons. The first-order chi connectivity index (χ1) is 5.75. The van der Waals surface area contributed by atoms with Crippen molar-refractivity contribution < 1.29 is 63.2 Å². The molecule has 0 amide bonds. The fraction of sp³-hybridized carbons (Fsp3) is 1.00. The number of rotatable bonds is 2. The summed E-state index contributed by atoms with van der Waals surface area (Å²) in [5.74, 6) is -6.85. The summed E-state index contributed by atoms with van der Waals surface area (Å²) in [4.78, 5) is 0. The molecule has 1 N–H and O–H groups in total. The Balaban J connectivity index is 0. The molecule has 0 fully saturated rings. The second-order valence-corrected chi connectivity index (χ2v) is 3.53. The van der Waals surface area contributed by atoms with Gasteiger partial charge in [0, 0.05) is 19.5 Å². The van der Waals surface area contributed by atoms with Crippen LogP contribution in [0.4, 0.5) is 30.7 Å². The number of alkyl halides is 7. The first-order valence-electron chi connectivity index (χ1n) is 2.54. The average Bonchev–Trinajstić information content (AvgIpc) is 1.81. The Kier molecular flexibility index (Phi) is 4.80. The van der Waals surface area contributed by atoms with E-state index < -0.39 is 27.5 Å². The first kappa shape index (κ1) is 17.4. The van der Waals surface area contributed by atoms with Crippen molar-refractivity contribution in [2.75, 3.05) is 0 Å². The second-order valence-electron chi connectivity index (χ2n) is 2.06. The van der Waals surface area contributed by atoms with Crippen LogP contribution in [0, 0.1) is 0 Å². The molecule has 12 heteroatoms. The molecule has 0 aromatic carbocycles. The van der Waals surface area contributed by atoms with Crippen molar-refractivity contribution >= 4 is 10.1 Å². The van der Waals surface area contributed by atoms with Crippen LogP contribution in [0.15, 0.2) is 0 Å². The molecule has 0 atom stereocenters. The maximum absolute atomic E-state index is 11.9. The van der Waals surface area contributed by atoms with Gasteiger partial charge < -0.3 is 0 Å². The van der Waals surface area contributed by atoms with Gasteiger partial charge >= 0.3 is 27.5 Å². The van der Waals surface area contributed by atoms with E-state index >= 15 is 0 Å². The molecule has 0 aliphatic carbocycles. The van der Waals surface area contributed by atoms with Gasteiger partial charge in [-0.15, -0.1) is 0 Å². The number of hydrogen-bond donors (Lipinski definition) is 1. The van der Waals surface area contributed by atoms with Gasteiger partial charge in [0.25, 0.3) is 0 Å². The maximum atomic E-state index is 11.9. The van der Waals surface area contributed by atoms with Crippen LogP contribution in [0.3, 0.4) is 0 Å². The molecule has 88 valence electrons. The maximum Gasteiger partial charge on any atom is 0.461 e. The summed E-state index contributed by atoms with van der Waals surface area (Å²) in [6.45, 7) is 0. The van der Waals surface area contributed by atoms with E-state index in [0.29, 0.717) is 0 Å². The quantitative estimate of drug-likeness (QED) is 0.479. The van der Waals surface area contributed by atoms with Gasteiger partial charge in [-0.05, 0) is 0 Å². The third kappa shape index (κ3) is 2.79. The zero-order chi connectivity index (χ0) is 12.0. The third-order valence-electron chi connectivity index (χ3n) is 1.05. The summed E-state index contributed by atoms with van der Waals surface area (Å²) in [6, 6.07) is 0. The molecule has 0 aromatic rings. The van der Waals surface area contributed by atoms with Gasteiger partial charge in [-0.1, -0.05) is 0 Å². The fourth-order valence-corrected chi connectivity index (χ4v) is 0.767. The summed E-state index contributed by atoms with van der Waals surface area (Å²) in [5.41, 5.74) is 0. The Hall–Kier alpha value is 0.0434. The largest absolute Gasteiger partial charge is 0.461 e. The van der Waals surface area contributed by atoms with E-state index in [9.17, 15) is 39.2 Å². The molecule has 0 saturated carbocycles. The van der Waals surface area contributed by atoms with Crippen molar-refractivity contribution in [1.29, 1.82) is 0 Å². The van der Waals surface area contributed by atoms with Gasteiger partial charge in [0.15, 0.2) is 0 Å². The Bertz CT molecular complexity index is 319. The monoisotopic (exact) mass is 314 g/mol. The van der Waals surface area contributed by atoms with Gasteiger partial charge in [0.2, 0.25) is 0 Å². The van der Waals surface area contributed by atoms with Crippen molar-refractivity contribution in [3.05, 3.63) is 0 Å². The van der Waals surface area contributed by atoms with Crippen molar-refractivity contribution in [2.24, 2.45) is 0 Å². The van der Waals surface area contributed by atoms with Crippen molar-refractivity contribution in [3.8, 4) is 0 Å². The van der Waals surface area contributed by atoms with E-state index in [0.717, 1.165) is 0 Å². The van der Waals surface area contributed by atoms with Gasteiger partial charge in [-0.2, -0.15) is 39.2 Å². The van der Waals surface area contributed by atoms with Crippen LogP contribution in [0.5, 0.6) is 0 Å². The van der Waals surface area contributed by atoms with E-state index in [1.165, 1.54) is 0 Å². The average molecular weight is 315 g/mol. The second kappa shape index (κ2) is 4.13.